The van der Waals surface area contributed by atoms with Crippen molar-refractivity contribution in [3.8, 4) is 5.75 Å². The van der Waals surface area contributed by atoms with Gasteiger partial charge in [-0.15, -0.1) is 0 Å². The fourth-order valence-electron chi connectivity index (χ4n) is 1.95. The number of carbonyl (C=O) groups is 1. The molecular weight excluding hydrogens is 264 g/mol. The van der Waals surface area contributed by atoms with Crippen molar-refractivity contribution < 1.29 is 9.53 Å². The van der Waals surface area contributed by atoms with Gasteiger partial charge in [0.25, 0.3) is 0 Å². The molecule has 0 fully saturated rings. The largest absolute Gasteiger partial charge is 0.492 e. The van der Waals surface area contributed by atoms with E-state index in [1.165, 1.54) is 5.56 Å². The van der Waals surface area contributed by atoms with Gasteiger partial charge < -0.3 is 15.0 Å². The summed E-state index contributed by atoms with van der Waals surface area (Å²) >= 11 is 0. The summed E-state index contributed by atoms with van der Waals surface area (Å²) < 4.78 is 5.66. The normalized spacial score (nSPS) is 10.7. The molecule has 0 bridgehead atoms. The molecule has 118 valence electrons. The lowest BCUT2D eigenvalue weighted by molar-refractivity contribution is -0.130. The Morgan fingerprint density at radius 1 is 1.38 bits per heavy atom. The zero-order valence-electron chi connectivity index (χ0n) is 13.7. The SMILES string of the molecule is Cc1cccc(OCCN(C)C(=O)CCCNC(C)C)c1. The molecule has 0 aliphatic heterocycles. The Labute approximate surface area is 128 Å². The molecule has 1 rings (SSSR count). The summed E-state index contributed by atoms with van der Waals surface area (Å²) in [5.74, 6) is 1.03. The predicted octanol–water partition coefficient (Wildman–Crippen LogP) is 2.61. The van der Waals surface area contributed by atoms with Crippen LogP contribution in [-0.4, -0.2) is 43.6 Å². The van der Waals surface area contributed by atoms with Crippen molar-refractivity contribution in [1.82, 2.24) is 10.2 Å². The number of nitrogens with zero attached hydrogens (tertiary/aromatic N) is 1. The lowest BCUT2D eigenvalue weighted by Crippen LogP contribution is -2.31. The van der Waals surface area contributed by atoms with Crippen LogP contribution in [0.3, 0.4) is 0 Å². The second kappa shape index (κ2) is 9.40. The number of hydrogen-bond acceptors (Lipinski definition) is 3. The van der Waals surface area contributed by atoms with Gasteiger partial charge in [0.05, 0.1) is 6.54 Å². The number of hydrogen-bond donors (Lipinski definition) is 1. The molecule has 1 amide bonds. The van der Waals surface area contributed by atoms with Crippen LogP contribution in [0.4, 0.5) is 0 Å². The van der Waals surface area contributed by atoms with Crippen molar-refractivity contribution in [2.45, 2.75) is 39.7 Å². The average Bonchev–Trinajstić information content (AvgIpc) is 2.43. The highest BCUT2D eigenvalue weighted by Crippen LogP contribution is 2.12. The monoisotopic (exact) mass is 292 g/mol. The predicted molar refractivity (Wildman–Crippen MR) is 86.7 cm³/mol. The summed E-state index contributed by atoms with van der Waals surface area (Å²) in [6, 6.07) is 8.42. The molecule has 0 aliphatic carbocycles. The molecule has 0 saturated heterocycles. The van der Waals surface area contributed by atoms with Gasteiger partial charge in [-0.1, -0.05) is 26.0 Å². The zero-order valence-corrected chi connectivity index (χ0v) is 13.7. The Morgan fingerprint density at radius 2 is 2.14 bits per heavy atom. The molecule has 0 atom stereocenters. The topological polar surface area (TPSA) is 41.6 Å². The summed E-state index contributed by atoms with van der Waals surface area (Å²) in [5.41, 5.74) is 1.18. The maximum Gasteiger partial charge on any atom is 0.222 e. The van der Waals surface area contributed by atoms with Gasteiger partial charge in [-0.05, 0) is 37.6 Å². The smallest absolute Gasteiger partial charge is 0.222 e. The third kappa shape index (κ3) is 7.71. The highest BCUT2D eigenvalue weighted by Gasteiger charge is 2.08. The van der Waals surface area contributed by atoms with Crippen molar-refractivity contribution in [3.05, 3.63) is 29.8 Å². The zero-order chi connectivity index (χ0) is 15.7. The Balaban J connectivity index is 2.17. The van der Waals surface area contributed by atoms with E-state index in [1.54, 1.807) is 4.90 Å². The van der Waals surface area contributed by atoms with E-state index in [-0.39, 0.29) is 5.91 Å². The maximum absolute atomic E-state index is 11.9. The standard InChI is InChI=1S/C17H28N2O2/c1-14(2)18-10-6-9-17(20)19(4)11-12-21-16-8-5-7-15(3)13-16/h5,7-8,13-14,18H,6,9-12H2,1-4H3. The van der Waals surface area contributed by atoms with Crippen LogP contribution >= 0.6 is 0 Å². The van der Waals surface area contributed by atoms with Crippen LogP contribution in [0.5, 0.6) is 5.75 Å². The second-order valence-corrected chi connectivity index (χ2v) is 5.69. The van der Waals surface area contributed by atoms with Gasteiger partial charge in [0, 0.05) is 19.5 Å². The molecule has 0 spiro atoms. The average molecular weight is 292 g/mol. The molecule has 0 unspecified atom stereocenters. The number of nitrogens with one attached hydrogen (secondary N) is 1. The number of likely N-dealkylation sites (N-methyl/N-ethyl adjacent to an activating group) is 1. The van der Waals surface area contributed by atoms with Crippen LogP contribution in [0, 0.1) is 6.92 Å². The summed E-state index contributed by atoms with van der Waals surface area (Å²) in [6.07, 6.45) is 1.46. The summed E-state index contributed by atoms with van der Waals surface area (Å²) in [5, 5.41) is 3.31. The third-order valence-electron chi connectivity index (χ3n) is 3.23. The Morgan fingerprint density at radius 3 is 2.81 bits per heavy atom. The first-order valence-corrected chi connectivity index (χ1v) is 7.66. The number of aryl methyl sites for hydroxylation is 1. The van der Waals surface area contributed by atoms with Crippen LogP contribution in [0.15, 0.2) is 24.3 Å². The third-order valence-corrected chi connectivity index (χ3v) is 3.23. The van der Waals surface area contributed by atoms with E-state index in [2.05, 4.69) is 19.2 Å². The Hall–Kier alpha value is -1.55. The van der Waals surface area contributed by atoms with Crippen LogP contribution < -0.4 is 10.1 Å². The molecule has 0 radical (unpaired) electrons. The van der Waals surface area contributed by atoms with Crippen LogP contribution in [0.1, 0.15) is 32.3 Å². The lowest BCUT2D eigenvalue weighted by Gasteiger charge is -2.18. The molecular formula is C17H28N2O2. The molecule has 1 aromatic rings. The van der Waals surface area contributed by atoms with E-state index in [0.717, 1.165) is 18.7 Å². The van der Waals surface area contributed by atoms with Crippen molar-refractivity contribution in [3.63, 3.8) is 0 Å². The van der Waals surface area contributed by atoms with Crippen molar-refractivity contribution in [1.29, 1.82) is 0 Å². The maximum atomic E-state index is 11.9. The second-order valence-electron chi connectivity index (χ2n) is 5.69. The Kier molecular flexibility index (Phi) is 7.83. The number of amides is 1. The van der Waals surface area contributed by atoms with Gasteiger partial charge in [-0.25, -0.2) is 0 Å². The van der Waals surface area contributed by atoms with E-state index >= 15 is 0 Å². The van der Waals surface area contributed by atoms with Crippen LogP contribution in [0.2, 0.25) is 0 Å². The van der Waals surface area contributed by atoms with E-state index in [0.29, 0.717) is 25.6 Å². The Bertz CT molecular complexity index is 433. The first-order valence-electron chi connectivity index (χ1n) is 7.66. The van der Waals surface area contributed by atoms with Gasteiger partial charge in [-0.2, -0.15) is 0 Å². The van der Waals surface area contributed by atoms with Gasteiger partial charge in [0.2, 0.25) is 5.91 Å². The number of ether oxygens (including phenoxy) is 1. The minimum atomic E-state index is 0.174. The van der Waals surface area contributed by atoms with Crippen molar-refractivity contribution in [2.24, 2.45) is 0 Å². The molecule has 1 N–H and O–H groups in total. The van der Waals surface area contributed by atoms with E-state index in [1.807, 2.05) is 38.2 Å². The first kappa shape index (κ1) is 17.5. The molecule has 0 aliphatic rings. The van der Waals surface area contributed by atoms with Crippen LogP contribution in [-0.2, 0) is 4.79 Å². The number of carbonyl (C=O) groups excluding carboxylic acids is 1. The van der Waals surface area contributed by atoms with Crippen LogP contribution in [0.25, 0.3) is 0 Å². The van der Waals surface area contributed by atoms with Gasteiger partial charge >= 0.3 is 0 Å². The highest BCUT2D eigenvalue weighted by atomic mass is 16.5. The fourth-order valence-corrected chi connectivity index (χ4v) is 1.95. The molecule has 21 heavy (non-hydrogen) atoms. The molecule has 0 heterocycles. The first-order chi connectivity index (χ1) is 9.99. The minimum Gasteiger partial charge on any atom is -0.492 e. The van der Waals surface area contributed by atoms with E-state index in [4.69, 9.17) is 4.74 Å². The van der Waals surface area contributed by atoms with Gasteiger partial charge in [-0.3, -0.25) is 4.79 Å². The van der Waals surface area contributed by atoms with E-state index in [9.17, 15) is 4.79 Å². The van der Waals surface area contributed by atoms with Gasteiger partial charge in [0.15, 0.2) is 0 Å². The lowest BCUT2D eigenvalue weighted by atomic mass is 10.2. The summed E-state index contributed by atoms with van der Waals surface area (Å²) in [4.78, 5) is 13.7. The van der Waals surface area contributed by atoms with Crippen molar-refractivity contribution >= 4 is 5.91 Å². The molecule has 4 nitrogen and oxygen atoms in total. The van der Waals surface area contributed by atoms with E-state index < -0.39 is 0 Å². The minimum absolute atomic E-state index is 0.174. The molecule has 0 aromatic heterocycles. The molecule has 1 aromatic carbocycles. The molecule has 0 saturated carbocycles. The summed E-state index contributed by atoms with van der Waals surface area (Å²) in [6.45, 7) is 8.28. The number of benzene rings is 1. The number of rotatable bonds is 9. The highest BCUT2D eigenvalue weighted by molar-refractivity contribution is 5.75. The summed E-state index contributed by atoms with van der Waals surface area (Å²) in [7, 11) is 1.83. The molecule has 4 heteroatoms. The van der Waals surface area contributed by atoms with Crippen molar-refractivity contribution in [2.75, 3.05) is 26.7 Å². The fraction of sp³-hybridized carbons (Fsp3) is 0.588. The van der Waals surface area contributed by atoms with Gasteiger partial charge in [0.1, 0.15) is 12.4 Å². The quantitative estimate of drug-likeness (QED) is 0.711.